The quantitative estimate of drug-likeness (QED) is 0.455. The minimum Gasteiger partial charge on any atom is -0.370 e. The van der Waals surface area contributed by atoms with Gasteiger partial charge in [0, 0.05) is 19.8 Å². The van der Waals surface area contributed by atoms with E-state index < -0.39 is 8.80 Å². The van der Waals surface area contributed by atoms with Crippen molar-refractivity contribution in [1.82, 2.24) is 0 Å². The van der Waals surface area contributed by atoms with Gasteiger partial charge in [-0.25, -0.2) is 0 Å². The van der Waals surface area contributed by atoms with Gasteiger partial charge in [0.2, 0.25) is 0 Å². The predicted octanol–water partition coefficient (Wildman–Crippen LogP) is 4.84. The van der Waals surface area contributed by atoms with Crippen molar-refractivity contribution in [3.63, 3.8) is 0 Å². The average molecular weight is 317 g/mol. The second kappa shape index (κ2) is 11.4. The first-order valence-corrected chi connectivity index (χ1v) is 10.2. The highest BCUT2D eigenvalue weighted by Crippen LogP contribution is 2.16. The van der Waals surface area contributed by atoms with Crippen LogP contribution in [0.25, 0.3) is 0 Å². The second-order valence-electron chi connectivity index (χ2n) is 6.90. The van der Waals surface area contributed by atoms with Crippen LogP contribution in [0.1, 0.15) is 60.8 Å². The van der Waals surface area contributed by atoms with E-state index in [2.05, 4.69) is 48.1 Å². The first-order chi connectivity index (χ1) is 9.81. The van der Waals surface area contributed by atoms with Crippen molar-refractivity contribution in [2.45, 2.75) is 60.8 Å². The van der Waals surface area contributed by atoms with Crippen molar-refractivity contribution in [3.8, 4) is 0 Å². The SMILES string of the molecule is C=C[Si](OCCC(C)C)(OCCC(C)C)OCCC(C)C. The molecule has 0 N–H and O–H groups in total. The van der Waals surface area contributed by atoms with E-state index in [0.717, 1.165) is 19.3 Å². The lowest BCUT2D eigenvalue weighted by Gasteiger charge is -2.27. The first-order valence-electron chi connectivity index (χ1n) is 8.36. The van der Waals surface area contributed by atoms with E-state index in [-0.39, 0.29) is 0 Å². The maximum Gasteiger partial charge on any atom is 0.529 e. The van der Waals surface area contributed by atoms with Gasteiger partial charge in [-0.2, -0.15) is 0 Å². The minimum atomic E-state index is -2.71. The Morgan fingerprint density at radius 2 is 1.00 bits per heavy atom. The maximum absolute atomic E-state index is 6.03. The third-order valence-electron chi connectivity index (χ3n) is 3.25. The molecule has 0 radical (unpaired) electrons. The van der Waals surface area contributed by atoms with Crippen molar-refractivity contribution in [3.05, 3.63) is 12.3 Å². The van der Waals surface area contributed by atoms with E-state index in [1.165, 1.54) is 0 Å². The Labute approximate surface area is 133 Å². The lowest BCUT2D eigenvalue weighted by molar-refractivity contribution is 0.0620. The van der Waals surface area contributed by atoms with Gasteiger partial charge in [0.1, 0.15) is 0 Å². The van der Waals surface area contributed by atoms with E-state index in [1.54, 1.807) is 5.70 Å². The summed E-state index contributed by atoms with van der Waals surface area (Å²) in [7, 11) is -2.71. The Morgan fingerprint density at radius 3 is 1.19 bits per heavy atom. The van der Waals surface area contributed by atoms with E-state index in [1.807, 2.05) is 0 Å². The molecule has 0 saturated heterocycles. The van der Waals surface area contributed by atoms with Gasteiger partial charge in [-0.3, -0.25) is 0 Å². The van der Waals surface area contributed by atoms with Crippen molar-refractivity contribution in [2.75, 3.05) is 19.8 Å². The van der Waals surface area contributed by atoms with Crippen LogP contribution in [0.5, 0.6) is 0 Å². The molecule has 4 heteroatoms. The van der Waals surface area contributed by atoms with Gasteiger partial charge < -0.3 is 13.3 Å². The third-order valence-corrected chi connectivity index (χ3v) is 5.56. The summed E-state index contributed by atoms with van der Waals surface area (Å²) >= 11 is 0. The summed E-state index contributed by atoms with van der Waals surface area (Å²) in [5.41, 5.74) is 1.79. The molecule has 0 aliphatic carbocycles. The molecule has 0 aliphatic heterocycles. The van der Waals surface area contributed by atoms with Gasteiger partial charge in [0.25, 0.3) is 0 Å². The molecule has 21 heavy (non-hydrogen) atoms. The Kier molecular flexibility index (Phi) is 11.3. The molecule has 0 aromatic rings. The highest BCUT2D eigenvalue weighted by atomic mass is 28.4. The van der Waals surface area contributed by atoms with E-state index in [0.29, 0.717) is 37.6 Å². The number of rotatable bonds is 13. The van der Waals surface area contributed by atoms with Crippen molar-refractivity contribution in [2.24, 2.45) is 17.8 Å². The monoisotopic (exact) mass is 316 g/mol. The van der Waals surface area contributed by atoms with Crippen LogP contribution in [0.2, 0.25) is 0 Å². The summed E-state index contributed by atoms with van der Waals surface area (Å²) in [6, 6.07) is 0. The summed E-state index contributed by atoms with van der Waals surface area (Å²) in [4.78, 5) is 0. The molecule has 0 aromatic carbocycles. The van der Waals surface area contributed by atoms with Crippen LogP contribution in [0.15, 0.2) is 12.3 Å². The smallest absolute Gasteiger partial charge is 0.370 e. The molecule has 0 aromatic heterocycles. The molecule has 0 spiro atoms. The molecule has 0 atom stereocenters. The van der Waals surface area contributed by atoms with Crippen molar-refractivity contribution >= 4 is 8.80 Å². The molecule has 0 unspecified atom stereocenters. The van der Waals surface area contributed by atoms with Gasteiger partial charge in [-0.1, -0.05) is 48.1 Å². The molecule has 0 aliphatic rings. The van der Waals surface area contributed by atoms with Crippen LogP contribution in [0, 0.1) is 17.8 Å². The highest BCUT2D eigenvalue weighted by Gasteiger charge is 2.37. The lowest BCUT2D eigenvalue weighted by Crippen LogP contribution is -2.45. The van der Waals surface area contributed by atoms with Crippen LogP contribution in [0.3, 0.4) is 0 Å². The molecule has 0 amide bonds. The molecule has 126 valence electrons. The van der Waals surface area contributed by atoms with Crippen LogP contribution in [0.4, 0.5) is 0 Å². The van der Waals surface area contributed by atoms with E-state index in [4.69, 9.17) is 13.3 Å². The number of hydrogen-bond donors (Lipinski definition) is 0. The molecule has 0 fully saturated rings. The van der Waals surface area contributed by atoms with E-state index >= 15 is 0 Å². The third kappa shape index (κ3) is 11.1. The second-order valence-corrected chi connectivity index (χ2v) is 9.38. The summed E-state index contributed by atoms with van der Waals surface area (Å²) in [5, 5.41) is 0. The fourth-order valence-electron chi connectivity index (χ4n) is 1.61. The summed E-state index contributed by atoms with van der Waals surface area (Å²) in [5.74, 6) is 1.86. The van der Waals surface area contributed by atoms with Gasteiger partial charge in [0.15, 0.2) is 0 Å². The van der Waals surface area contributed by atoms with E-state index in [9.17, 15) is 0 Å². The normalized spacial score (nSPS) is 12.6. The molecular weight excluding hydrogens is 280 g/mol. The summed E-state index contributed by atoms with van der Waals surface area (Å²) < 4.78 is 18.1. The Bertz CT molecular complexity index is 229. The van der Waals surface area contributed by atoms with Gasteiger partial charge in [0.05, 0.1) is 0 Å². The Morgan fingerprint density at radius 1 is 0.714 bits per heavy atom. The number of hydrogen-bond acceptors (Lipinski definition) is 3. The first kappa shape index (κ1) is 20.8. The Hall–Kier alpha value is -0.163. The zero-order valence-electron chi connectivity index (χ0n) is 15.0. The van der Waals surface area contributed by atoms with Crippen LogP contribution >= 0.6 is 0 Å². The standard InChI is InChI=1S/C17H36O3Si/c1-8-21(18-12-9-15(2)3,19-13-10-16(4)5)20-14-11-17(6)7/h8,15-17H,1,9-14H2,2-7H3. The zero-order chi connectivity index (χ0) is 16.3. The zero-order valence-corrected chi connectivity index (χ0v) is 16.0. The molecular formula is C17H36O3Si. The average Bonchev–Trinajstić information content (AvgIpc) is 2.36. The molecule has 0 heterocycles. The minimum absolute atomic E-state index is 0.618. The molecule has 0 rings (SSSR count). The summed E-state index contributed by atoms with van der Waals surface area (Å²) in [6.07, 6.45) is 3.05. The molecule has 0 saturated carbocycles. The maximum atomic E-state index is 6.03. The highest BCUT2D eigenvalue weighted by molar-refractivity contribution is 6.66. The fraction of sp³-hybridized carbons (Fsp3) is 0.882. The topological polar surface area (TPSA) is 27.7 Å². The fourth-order valence-corrected chi connectivity index (χ4v) is 3.42. The van der Waals surface area contributed by atoms with Crippen molar-refractivity contribution in [1.29, 1.82) is 0 Å². The predicted molar refractivity (Wildman–Crippen MR) is 92.2 cm³/mol. The van der Waals surface area contributed by atoms with Gasteiger partial charge in [-0.15, -0.1) is 0 Å². The largest absolute Gasteiger partial charge is 0.529 e. The molecule has 0 bridgehead atoms. The Balaban J connectivity index is 4.46. The molecule has 3 nitrogen and oxygen atoms in total. The van der Waals surface area contributed by atoms with Crippen LogP contribution < -0.4 is 0 Å². The van der Waals surface area contributed by atoms with Crippen LogP contribution in [-0.2, 0) is 13.3 Å². The summed E-state index contributed by atoms with van der Waals surface area (Å²) in [6.45, 7) is 19.1. The van der Waals surface area contributed by atoms with Gasteiger partial charge >= 0.3 is 8.80 Å². The van der Waals surface area contributed by atoms with Crippen molar-refractivity contribution < 1.29 is 13.3 Å². The van der Waals surface area contributed by atoms with Crippen LogP contribution in [-0.4, -0.2) is 28.6 Å². The van der Waals surface area contributed by atoms with Gasteiger partial charge in [-0.05, 0) is 42.7 Å². The lowest BCUT2D eigenvalue weighted by atomic mass is 10.2.